The number of nitrogens with one attached hydrogen (secondary N) is 1. The Hall–Kier alpha value is -1.91. The third-order valence-electron chi connectivity index (χ3n) is 2.75. The summed E-state index contributed by atoms with van der Waals surface area (Å²) < 4.78 is 26.8. The van der Waals surface area contributed by atoms with Crippen LogP contribution in [0.4, 0.5) is 0 Å². The second kappa shape index (κ2) is 6.50. The van der Waals surface area contributed by atoms with Crippen LogP contribution in [0.5, 0.6) is 0 Å². The third kappa shape index (κ3) is 4.33. The smallest absolute Gasteiger partial charge is 0.303 e. The zero-order valence-electron chi connectivity index (χ0n) is 11.3. The lowest BCUT2D eigenvalue weighted by atomic mass is 10.2. The molecule has 0 aliphatic heterocycles. The van der Waals surface area contributed by atoms with Gasteiger partial charge in [0.15, 0.2) is 0 Å². The van der Waals surface area contributed by atoms with Crippen LogP contribution in [-0.2, 0) is 14.8 Å². The number of hydrogen-bond acceptors (Lipinski definition) is 4. The van der Waals surface area contributed by atoms with E-state index in [0.717, 1.165) is 0 Å². The molecule has 0 saturated heterocycles. The van der Waals surface area contributed by atoms with E-state index in [1.807, 2.05) is 6.07 Å². The van der Waals surface area contributed by atoms with Gasteiger partial charge < -0.3 is 5.11 Å². The lowest BCUT2D eigenvalue weighted by Gasteiger charge is -2.14. The number of aliphatic carboxylic acids is 1. The Morgan fingerprint density at radius 2 is 2.15 bits per heavy atom. The van der Waals surface area contributed by atoms with Gasteiger partial charge in [0.05, 0.1) is 16.5 Å². The predicted molar refractivity (Wildman–Crippen MR) is 72.5 cm³/mol. The summed E-state index contributed by atoms with van der Waals surface area (Å²) in [6, 6.07) is 5.81. The summed E-state index contributed by atoms with van der Waals surface area (Å²) in [6.45, 7) is 3.24. The Kier molecular flexibility index (Phi) is 5.25. The van der Waals surface area contributed by atoms with E-state index >= 15 is 0 Å². The van der Waals surface area contributed by atoms with Crippen LogP contribution in [0.25, 0.3) is 0 Å². The SMILES string of the molecule is Cc1ccc(C#N)cc1S(=O)(=O)NC(C)CCC(=O)O. The lowest BCUT2D eigenvalue weighted by molar-refractivity contribution is -0.137. The second-order valence-electron chi connectivity index (χ2n) is 4.55. The Labute approximate surface area is 118 Å². The molecule has 2 N–H and O–H groups in total. The van der Waals surface area contributed by atoms with Gasteiger partial charge in [-0.3, -0.25) is 4.79 Å². The topological polar surface area (TPSA) is 107 Å². The molecule has 1 unspecified atom stereocenters. The van der Waals surface area contributed by atoms with Gasteiger partial charge in [-0.2, -0.15) is 5.26 Å². The number of rotatable bonds is 6. The van der Waals surface area contributed by atoms with Gasteiger partial charge in [-0.25, -0.2) is 13.1 Å². The highest BCUT2D eigenvalue weighted by atomic mass is 32.2. The first kappa shape index (κ1) is 16.1. The molecule has 0 amide bonds. The molecule has 0 heterocycles. The van der Waals surface area contributed by atoms with Gasteiger partial charge in [0, 0.05) is 12.5 Å². The average Bonchev–Trinajstić information content (AvgIpc) is 2.36. The van der Waals surface area contributed by atoms with Gasteiger partial charge in [0.1, 0.15) is 0 Å². The molecule has 0 bridgehead atoms. The maximum absolute atomic E-state index is 12.2. The lowest BCUT2D eigenvalue weighted by Crippen LogP contribution is -2.33. The molecule has 0 radical (unpaired) electrons. The number of carboxylic acid groups (broad SMARTS) is 1. The standard InChI is InChI=1S/C13H16N2O4S/c1-9-3-5-11(8-14)7-12(9)20(18,19)15-10(2)4-6-13(16)17/h3,5,7,10,15H,4,6H2,1-2H3,(H,16,17). The number of carboxylic acids is 1. The maximum Gasteiger partial charge on any atom is 0.303 e. The van der Waals surface area contributed by atoms with E-state index in [-0.39, 0.29) is 23.3 Å². The molecular formula is C13H16N2O4S. The van der Waals surface area contributed by atoms with Gasteiger partial charge in [-0.15, -0.1) is 0 Å². The van der Waals surface area contributed by atoms with Crippen molar-refractivity contribution in [1.82, 2.24) is 4.72 Å². The zero-order chi connectivity index (χ0) is 15.3. The largest absolute Gasteiger partial charge is 0.481 e. The van der Waals surface area contributed by atoms with Crippen LogP contribution < -0.4 is 4.72 Å². The first-order chi connectivity index (χ1) is 9.26. The van der Waals surface area contributed by atoms with Gasteiger partial charge >= 0.3 is 5.97 Å². The van der Waals surface area contributed by atoms with E-state index in [9.17, 15) is 13.2 Å². The summed E-state index contributed by atoms with van der Waals surface area (Å²) in [7, 11) is -3.76. The molecule has 6 nitrogen and oxygen atoms in total. The highest BCUT2D eigenvalue weighted by molar-refractivity contribution is 7.89. The fourth-order valence-electron chi connectivity index (χ4n) is 1.69. The molecule has 108 valence electrons. The number of nitriles is 1. The van der Waals surface area contributed by atoms with Gasteiger partial charge in [-0.1, -0.05) is 6.07 Å². The van der Waals surface area contributed by atoms with Crippen LogP contribution in [0.3, 0.4) is 0 Å². The molecule has 1 aromatic carbocycles. The van der Waals surface area contributed by atoms with Crippen molar-refractivity contribution in [2.75, 3.05) is 0 Å². The van der Waals surface area contributed by atoms with Crippen LogP contribution >= 0.6 is 0 Å². The second-order valence-corrected chi connectivity index (χ2v) is 6.23. The molecule has 1 atom stereocenters. The Morgan fingerprint density at radius 3 is 2.70 bits per heavy atom. The Morgan fingerprint density at radius 1 is 1.50 bits per heavy atom. The minimum Gasteiger partial charge on any atom is -0.481 e. The van der Waals surface area contributed by atoms with Crippen molar-refractivity contribution in [3.63, 3.8) is 0 Å². The van der Waals surface area contributed by atoms with Crippen molar-refractivity contribution >= 4 is 16.0 Å². The quantitative estimate of drug-likeness (QED) is 0.825. The van der Waals surface area contributed by atoms with Gasteiger partial charge in [0.2, 0.25) is 10.0 Å². The van der Waals surface area contributed by atoms with Crippen LogP contribution in [0.2, 0.25) is 0 Å². The minimum absolute atomic E-state index is 0.0405. The Bertz CT molecular complexity index is 647. The number of benzene rings is 1. The average molecular weight is 296 g/mol. The van der Waals surface area contributed by atoms with E-state index in [1.165, 1.54) is 6.07 Å². The predicted octanol–water partition coefficient (Wildman–Crippen LogP) is 1.40. The molecule has 1 rings (SSSR count). The monoisotopic (exact) mass is 296 g/mol. The molecule has 7 heteroatoms. The van der Waals surface area contributed by atoms with Crippen molar-refractivity contribution in [1.29, 1.82) is 5.26 Å². The fraction of sp³-hybridized carbons (Fsp3) is 0.385. The highest BCUT2D eigenvalue weighted by Crippen LogP contribution is 2.17. The van der Waals surface area contributed by atoms with Crippen molar-refractivity contribution in [2.45, 2.75) is 37.6 Å². The summed E-state index contributed by atoms with van der Waals surface area (Å²) in [5.74, 6) is -0.973. The molecule has 0 aliphatic rings. The summed E-state index contributed by atoms with van der Waals surface area (Å²) in [5.41, 5.74) is 0.788. The third-order valence-corrected chi connectivity index (χ3v) is 4.49. The van der Waals surface area contributed by atoms with E-state index in [1.54, 1.807) is 26.0 Å². The number of aryl methyl sites for hydroxylation is 1. The number of carbonyl (C=O) groups is 1. The van der Waals surface area contributed by atoms with Crippen molar-refractivity contribution in [3.8, 4) is 6.07 Å². The molecule has 1 aromatic rings. The number of hydrogen-bond donors (Lipinski definition) is 2. The number of nitrogens with zero attached hydrogens (tertiary/aromatic N) is 1. The molecular weight excluding hydrogens is 280 g/mol. The Balaban J connectivity index is 2.94. The van der Waals surface area contributed by atoms with Crippen LogP contribution in [0.1, 0.15) is 30.9 Å². The van der Waals surface area contributed by atoms with Crippen LogP contribution in [0, 0.1) is 18.3 Å². The summed E-state index contributed by atoms with van der Waals surface area (Å²) in [6.07, 6.45) is 0.0897. The van der Waals surface area contributed by atoms with E-state index in [0.29, 0.717) is 5.56 Å². The molecule has 0 spiro atoms. The minimum atomic E-state index is -3.76. The van der Waals surface area contributed by atoms with Crippen molar-refractivity contribution in [2.24, 2.45) is 0 Å². The van der Waals surface area contributed by atoms with E-state index in [4.69, 9.17) is 10.4 Å². The fourth-order valence-corrected chi connectivity index (χ4v) is 3.23. The molecule has 0 aromatic heterocycles. The molecule has 20 heavy (non-hydrogen) atoms. The summed E-state index contributed by atoms with van der Waals surface area (Å²) in [5, 5.41) is 17.4. The number of sulfonamides is 1. The highest BCUT2D eigenvalue weighted by Gasteiger charge is 2.20. The van der Waals surface area contributed by atoms with E-state index < -0.39 is 22.0 Å². The first-order valence-electron chi connectivity index (χ1n) is 6.01. The molecule has 0 aliphatic carbocycles. The summed E-state index contributed by atoms with van der Waals surface area (Å²) >= 11 is 0. The molecule has 0 fully saturated rings. The van der Waals surface area contributed by atoms with Crippen molar-refractivity contribution < 1.29 is 18.3 Å². The van der Waals surface area contributed by atoms with Crippen LogP contribution in [-0.4, -0.2) is 25.5 Å². The first-order valence-corrected chi connectivity index (χ1v) is 7.49. The normalized spacial score (nSPS) is 12.7. The zero-order valence-corrected chi connectivity index (χ0v) is 12.1. The van der Waals surface area contributed by atoms with Crippen LogP contribution in [0.15, 0.2) is 23.1 Å². The maximum atomic E-state index is 12.2. The summed E-state index contributed by atoms with van der Waals surface area (Å²) in [4.78, 5) is 10.5. The molecule has 0 saturated carbocycles. The van der Waals surface area contributed by atoms with Gasteiger partial charge in [0.25, 0.3) is 0 Å². The van der Waals surface area contributed by atoms with Crippen molar-refractivity contribution in [3.05, 3.63) is 29.3 Å². The van der Waals surface area contributed by atoms with Gasteiger partial charge in [-0.05, 0) is 38.0 Å². The van der Waals surface area contributed by atoms with E-state index in [2.05, 4.69) is 4.72 Å².